The lowest BCUT2D eigenvalue weighted by Gasteiger charge is -2.32. The molecule has 1 N–H and O–H groups in total. The second-order valence-electron chi connectivity index (χ2n) is 3.56. The van der Waals surface area contributed by atoms with Crippen LogP contribution in [0.2, 0.25) is 0 Å². The zero-order valence-electron chi connectivity index (χ0n) is 6.40. The fourth-order valence-electron chi connectivity index (χ4n) is 2.11. The molecule has 0 bridgehead atoms. The molecule has 0 amide bonds. The van der Waals surface area contributed by atoms with Gasteiger partial charge < -0.3 is 0 Å². The average Bonchev–Trinajstić information content (AvgIpc) is 2.39. The molecule has 1 heterocycles. The zero-order valence-corrected chi connectivity index (χ0v) is 6.40. The number of hydrogen-bond donors (Lipinski definition) is 1. The van der Waals surface area contributed by atoms with Crippen molar-refractivity contribution in [3.63, 3.8) is 0 Å². The van der Waals surface area contributed by atoms with E-state index in [0.717, 1.165) is 13.2 Å². The smallest absolute Gasteiger partial charge is 0.0629 e. The van der Waals surface area contributed by atoms with Gasteiger partial charge in [-0.1, -0.05) is 19.3 Å². The van der Waals surface area contributed by atoms with E-state index in [1.54, 1.807) is 0 Å². The molecule has 1 saturated heterocycles. The molecule has 1 spiro atoms. The molecule has 2 fully saturated rings. The summed E-state index contributed by atoms with van der Waals surface area (Å²) in [6.45, 7) is 1.98. The maximum atomic E-state index is 4.35. The molecule has 0 unspecified atom stereocenters. The van der Waals surface area contributed by atoms with Crippen LogP contribution in [-0.2, 0) is 0 Å². The van der Waals surface area contributed by atoms with Gasteiger partial charge in [0, 0.05) is 12.1 Å². The molecule has 2 rings (SSSR count). The van der Waals surface area contributed by atoms with Crippen molar-refractivity contribution in [2.45, 2.75) is 37.6 Å². The second-order valence-corrected chi connectivity index (χ2v) is 3.56. The Bertz CT molecular complexity index is 108. The van der Waals surface area contributed by atoms with Crippen LogP contribution in [0.3, 0.4) is 0 Å². The first-order valence-corrected chi connectivity index (χ1v) is 4.30. The molecule has 2 nitrogen and oxygen atoms in total. The van der Waals surface area contributed by atoms with Gasteiger partial charge in [-0.05, 0) is 12.8 Å². The molecule has 57 valence electrons. The van der Waals surface area contributed by atoms with Crippen molar-refractivity contribution in [2.75, 3.05) is 13.2 Å². The lowest BCUT2D eigenvalue weighted by atomic mass is 9.83. The lowest BCUT2D eigenvalue weighted by molar-refractivity contribution is 0.279. The minimum absolute atomic E-state index is 0.457. The van der Waals surface area contributed by atoms with Gasteiger partial charge in [0.1, 0.15) is 0 Å². The predicted molar refractivity (Wildman–Crippen MR) is 40.8 cm³/mol. The minimum Gasteiger partial charge on any atom is -0.296 e. The fourth-order valence-corrected chi connectivity index (χ4v) is 2.11. The highest BCUT2D eigenvalue weighted by atomic mass is 15.2. The fraction of sp³-hybridized carbons (Fsp3) is 1.00. The third-order valence-electron chi connectivity index (χ3n) is 2.79. The molecule has 1 radical (unpaired) electrons. The van der Waals surface area contributed by atoms with Crippen LogP contribution >= 0.6 is 0 Å². The van der Waals surface area contributed by atoms with E-state index in [2.05, 4.69) is 10.6 Å². The highest BCUT2D eigenvalue weighted by Gasteiger charge is 2.34. The maximum Gasteiger partial charge on any atom is 0.0629 e. The second kappa shape index (κ2) is 2.51. The molecule has 0 aromatic heterocycles. The van der Waals surface area contributed by atoms with Gasteiger partial charge in [-0.15, -0.1) is 0 Å². The Morgan fingerprint density at radius 2 is 1.90 bits per heavy atom. The van der Waals surface area contributed by atoms with E-state index in [9.17, 15) is 0 Å². The van der Waals surface area contributed by atoms with Crippen LogP contribution in [0, 0.1) is 0 Å². The lowest BCUT2D eigenvalue weighted by Crippen LogP contribution is -2.43. The third-order valence-corrected chi connectivity index (χ3v) is 2.79. The molecule has 0 aromatic rings. The van der Waals surface area contributed by atoms with E-state index < -0.39 is 0 Å². The van der Waals surface area contributed by atoms with Crippen LogP contribution < -0.4 is 10.6 Å². The first-order chi connectivity index (χ1) is 4.91. The molecule has 2 heteroatoms. The summed E-state index contributed by atoms with van der Waals surface area (Å²) in [7, 11) is 0. The largest absolute Gasteiger partial charge is 0.296 e. The number of nitrogens with one attached hydrogen (secondary N) is 1. The van der Waals surface area contributed by atoms with E-state index in [4.69, 9.17) is 0 Å². The monoisotopic (exact) mass is 139 g/mol. The first-order valence-electron chi connectivity index (χ1n) is 4.30. The molecule has 1 aliphatic carbocycles. The topological polar surface area (TPSA) is 26.1 Å². The SMILES string of the molecule is C1CCC2(CC1)C[N]CN2. The van der Waals surface area contributed by atoms with Gasteiger partial charge in [0.25, 0.3) is 0 Å². The van der Waals surface area contributed by atoms with Crippen molar-refractivity contribution >= 4 is 0 Å². The van der Waals surface area contributed by atoms with Crippen LogP contribution in [0.4, 0.5) is 0 Å². The quantitative estimate of drug-likeness (QED) is 0.529. The van der Waals surface area contributed by atoms with Crippen LogP contribution in [0.25, 0.3) is 0 Å². The molecule has 2 aliphatic rings. The summed E-state index contributed by atoms with van der Waals surface area (Å²) in [4.78, 5) is 0. The van der Waals surface area contributed by atoms with Crippen LogP contribution in [-0.4, -0.2) is 18.8 Å². The Morgan fingerprint density at radius 3 is 2.50 bits per heavy atom. The zero-order chi connectivity index (χ0) is 6.86. The first kappa shape index (κ1) is 6.62. The van der Waals surface area contributed by atoms with Crippen LogP contribution in [0.1, 0.15) is 32.1 Å². The van der Waals surface area contributed by atoms with Crippen LogP contribution in [0.15, 0.2) is 0 Å². The predicted octanol–water partition coefficient (Wildman–Crippen LogP) is 0.854. The van der Waals surface area contributed by atoms with Crippen molar-refractivity contribution in [3.05, 3.63) is 0 Å². The average molecular weight is 139 g/mol. The van der Waals surface area contributed by atoms with Crippen molar-refractivity contribution < 1.29 is 0 Å². The minimum atomic E-state index is 0.457. The Kier molecular flexibility index (Phi) is 1.66. The highest BCUT2D eigenvalue weighted by Crippen LogP contribution is 2.29. The van der Waals surface area contributed by atoms with E-state index >= 15 is 0 Å². The van der Waals surface area contributed by atoms with Gasteiger partial charge in [-0.3, -0.25) is 5.32 Å². The molecule has 1 aliphatic heterocycles. The highest BCUT2D eigenvalue weighted by molar-refractivity contribution is 4.95. The number of rotatable bonds is 0. The molecule has 0 aromatic carbocycles. The van der Waals surface area contributed by atoms with Crippen molar-refractivity contribution in [2.24, 2.45) is 0 Å². The van der Waals surface area contributed by atoms with E-state index in [-0.39, 0.29) is 0 Å². The molecule has 1 saturated carbocycles. The normalized spacial score (nSPS) is 31.2. The number of hydrogen-bond acceptors (Lipinski definition) is 1. The summed E-state index contributed by atoms with van der Waals surface area (Å²) in [5.74, 6) is 0. The molecule has 10 heavy (non-hydrogen) atoms. The van der Waals surface area contributed by atoms with Crippen molar-refractivity contribution in [3.8, 4) is 0 Å². The van der Waals surface area contributed by atoms with E-state index in [1.807, 2.05) is 0 Å². The molecular weight excluding hydrogens is 124 g/mol. The Morgan fingerprint density at radius 1 is 1.10 bits per heavy atom. The van der Waals surface area contributed by atoms with E-state index in [0.29, 0.717) is 5.54 Å². The van der Waals surface area contributed by atoms with Gasteiger partial charge in [-0.25, -0.2) is 5.32 Å². The van der Waals surface area contributed by atoms with E-state index in [1.165, 1.54) is 32.1 Å². The van der Waals surface area contributed by atoms with Gasteiger partial charge >= 0.3 is 0 Å². The van der Waals surface area contributed by atoms with Crippen molar-refractivity contribution in [1.29, 1.82) is 0 Å². The summed E-state index contributed by atoms with van der Waals surface area (Å²) >= 11 is 0. The molecular formula is C8H15N2. The van der Waals surface area contributed by atoms with Gasteiger partial charge in [0.05, 0.1) is 6.67 Å². The van der Waals surface area contributed by atoms with Gasteiger partial charge in [0.15, 0.2) is 0 Å². The van der Waals surface area contributed by atoms with Gasteiger partial charge in [-0.2, -0.15) is 0 Å². The standard InChI is InChI=1S/C8H15N2/c1-2-4-8(5-3-1)6-9-7-10-8/h10H,1-7H2. The summed E-state index contributed by atoms with van der Waals surface area (Å²) in [5.41, 5.74) is 0.457. The Balaban J connectivity index is 1.98. The van der Waals surface area contributed by atoms with Crippen molar-refractivity contribution in [1.82, 2.24) is 10.6 Å². The maximum absolute atomic E-state index is 4.35. The summed E-state index contributed by atoms with van der Waals surface area (Å²) in [6.07, 6.45) is 6.96. The third kappa shape index (κ3) is 1.06. The Hall–Kier alpha value is -0.0800. The Labute approximate surface area is 62.4 Å². The number of nitrogens with zero attached hydrogens (tertiary/aromatic N) is 1. The summed E-state index contributed by atoms with van der Waals surface area (Å²) in [5, 5.41) is 7.85. The summed E-state index contributed by atoms with van der Waals surface area (Å²) < 4.78 is 0. The van der Waals surface area contributed by atoms with Crippen LogP contribution in [0.5, 0.6) is 0 Å². The van der Waals surface area contributed by atoms with Gasteiger partial charge in [0.2, 0.25) is 0 Å². The molecule has 0 atom stereocenters. The summed E-state index contributed by atoms with van der Waals surface area (Å²) in [6, 6.07) is 0.